The average Bonchev–Trinajstić information content (AvgIpc) is 2.92. The standard InChI is InChI=1S/C18H20N2O2S2/c1-11-6-2-4-8-13(11)23-10-15(21)20-18-16(17(19)22)12-7-3-5-9-14(12)24-18/h2,4,6,8H,3,5,7,9-10H2,1H3,(H2,19,22)(H,20,21). The second-order valence-electron chi connectivity index (χ2n) is 5.88. The molecule has 2 amide bonds. The van der Waals surface area contributed by atoms with Crippen LogP contribution in [0.25, 0.3) is 0 Å². The van der Waals surface area contributed by atoms with Crippen molar-refractivity contribution in [3.8, 4) is 0 Å². The van der Waals surface area contributed by atoms with E-state index in [0.717, 1.165) is 41.7 Å². The Morgan fingerprint density at radius 1 is 1.25 bits per heavy atom. The summed E-state index contributed by atoms with van der Waals surface area (Å²) in [5.74, 6) is -0.244. The number of aryl methyl sites for hydroxylation is 2. The molecule has 6 heteroatoms. The van der Waals surface area contributed by atoms with Gasteiger partial charge in [-0.2, -0.15) is 0 Å². The van der Waals surface area contributed by atoms with Crippen molar-refractivity contribution < 1.29 is 9.59 Å². The number of fused-ring (bicyclic) bond motifs is 1. The van der Waals surface area contributed by atoms with E-state index in [0.29, 0.717) is 16.3 Å². The summed E-state index contributed by atoms with van der Waals surface area (Å²) >= 11 is 3.00. The Kier molecular flexibility index (Phi) is 5.26. The van der Waals surface area contributed by atoms with Crippen LogP contribution in [-0.2, 0) is 17.6 Å². The van der Waals surface area contributed by atoms with E-state index in [2.05, 4.69) is 5.32 Å². The molecule has 4 nitrogen and oxygen atoms in total. The maximum absolute atomic E-state index is 12.3. The molecule has 1 aromatic heterocycles. The van der Waals surface area contributed by atoms with Gasteiger partial charge in [-0.15, -0.1) is 23.1 Å². The number of thioether (sulfide) groups is 1. The molecule has 0 aliphatic heterocycles. The van der Waals surface area contributed by atoms with Crippen LogP contribution in [0.3, 0.4) is 0 Å². The third kappa shape index (κ3) is 3.65. The lowest BCUT2D eigenvalue weighted by atomic mass is 9.95. The molecular weight excluding hydrogens is 340 g/mol. The first-order valence-electron chi connectivity index (χ1n) is 7.99. The van der Waals surface area contributed by atoms with Gasteiger partial charge in [-0.05, 0) is 49.8 Å². The first kappa shape index (κ1) is 17.0. The number of hydrogen-bond donors (Lipinski definition) is 2. The fourth-order valence-corrected chi connectivity index (χ4v) is 5.08. The van der Waals surface area contributed by atoms with Gasteiger partial charge in [0.1, 0.15) is 5.00 Å². The number of nitrogens with two attached hydrogens (primary N) is 1. The first-order valence-corrected chi connectivity index (χ1v) is 9.79. The van der Waals surface area contributed by atoms with Crippen LogP contribution >= 0.6 is 23.1 Å². The van der Waals surface area contributed by atoms with Crippen LogP contribution in [0.15, 0.2) is 29.2 Å². The van der Waals surface area contributed by atoms with Crippen molar-refractivity contribution in [2.45, 2.75) is 37.5 Å². The SMILES string of the molecule is Cc1ccccc1SCC(=O)Nc1sc2c(c1C(N)=O)CCCC2. The summed E-state index contributed by atoms with van der Waals surface area (Å²) in [5, 5.41) is 3.51. The van der Waals surface area contributed by atoms with Gasteiger partial charge in [0, 0.05) is 9.77 Å². The number of thiophene rings is 1. The predicted octanol–water partition coefficient (Wildman–Crippen LogP) is 3.77. The summed E-state index contributed by atoms with van der Waals surface area (Å²) in [6.07, 6.45) is 4.04. The van der Waals surface area contributed by atoms with Crippen LogP contribution in [0.5, 0.6) is 0 Å². The van der Waals surface area contributed by atoms with Gasteiger partial charge in [-0.1, -0.05) is 18.2 Å². The van der Waals surface area contributed by atoms with Crippen molar-refractivity contribution >= 4 is 39.9 Å². The summed E-state index contributed by atoms with van der Waals surface area (Å²) in [4.78, 5) is 26.4. The molecule has 0 radical (unpaired) electrons. The van der Waals surface area contributed by atoms with E-state index in [1.54, 1.807) is 0 Å². The van der Waals surface area contributed by atoms with Crippen LogP contribution in [0.4, 0.5) is 5.00 Å². The zero-order chi connectivity index (χ0) is 17.1. The Bertz CT molecular complexity index is 783. The summed E-state index contributed by atoms with van der Waals surface area (Å²) in [6.45, 7) is 2.03. The van der Waals surface area contributed by atoms with Crippen molar-refractivity contribution in [3.05, 3.63) is 45.8 Å². The molecule has 0 fully saturated rings. The number of nitrogens with one attached hydrogen (secondary N) is 1. The Morgan fingerprint density at radius 2 is 2.00 bits per heavy atom. The maximum atomic E-state index is 12.3. The van der Waals surface area contributed by atoms with Gasteiger partial charge < -0.3 is 11.1 Å². The third-order valence-electron chi connectivity index (χ3n) is 4.12. The minimum atomic E-state index is -0.448. The van der Waals surface area contributed by atoms with Crippen molar-refractivity contribution in [3.63, 3.8) is 0 Å². The highest BCUT2D eigenvalue weighted by Crippen LogP contribution is 2.38. The smallest absolute Gasteiger partial charge is 0.251 e. The molecule has 3 rings (SSSR count). The molecule has 24 heavy (non-hydrogen) atoms. The zero-order valence-corrected chi connectivity index (χ0v) is 15.2. The Balaban J connectivity index is 1.71. The monoisotopic (exact) mass is 360 g/mol. The molecule has 0 bridgehead atoms. The lowest BCUT2D eigenvalue weighted by molar-refractivity contribution is -0.113. The van der Waals surface area contributed by atoms with E-state index in [9.17, 15) is 9.59 Å². The number of benzene rings is 1. The van der Waals surface area contributed by atoms with E-state index >= 15 is 0 Å². The van der Waals surface area contributed by atoms with E-state index < -0.39 is 5.91 Å². The number of amides is 2. The molecule has 1 aromatic carbocycles. The fourth-order valence-electron chi connectivity index (χ4n) is 2.94. The number of anilines is 1. The van der Waals surface area contributed by atoms with E-state index in [4.69, 9.17) is 5.73 Å². The van der Waals surface area contributed by atoms with Gasteiger partial charge >= 0.3 is 0 Å². The number of hydrogen-bond acceptors (Lipinski definition) is 4. The van der Waals surface area contributed by atoms with Gasteiger partial charge in [0.25, 0.3) is 5.91 Å². The molecule has 3 N–H and O–H groups in total. The van der Waals surface area contributed by atoms with Crippen molar-refractivity contribution in [1.82, 2.24) is 0 Å². The van der Waals surface area contributed by atoms with Crippen LogP contribution < -0.4 is 11.1 Å². The topological polar surface area (TPSA) is 72.2 Å². The van der Waals surface area contributed by atoms with Crippen molar-refractivity contribution in [2.75, 3.05) is 11.1 Å². The second kappa shape index (κ2) is 7.40. The molecule has 2 aromatic rings. The van der Waals surface area contributed by atoms with E-state index in [-0.39, 0.29) is 5.91 Å². The van der Waals surface area contributed by atoms with E-state index in [1.807, 2.05) is 31.2 Å². The van der Waals surface area contributed by atoms with E-state index in [1.165, 1.54) is 28.0 Å². The van der Waals surface area contributed by atoms with Gasteiger partial charge in [0.05, 0.1) is 11.3 Å². The minimum Gasteiger partial charge on any atom is -0.365 e. The minimum absolute atomic E-state index is 0.107. The van der Waals surface area contributed by atoms with Gasteiger partial charge in [-0.3, -0.25) is 9.59 Å². The van der Waals surface area contributed by atoms with Gasteiger partial charge in [0.15, 0.2) is 0 Å². The molecule has 0 saturated heterocycles. The van der Waals surface area contributed by atoms with Crippen LogP contribution in [0.2, 0.25) is 0 Å². The number of carbonyl (C=O) groups is 2. The van der Waals surface area contributed by atoms with Gasteiger partial charge in [-0.25, -0.2) is 0 Å². The number of primary amides is 1. The highest BCUT2D eigenvalue weighted by molar-refractivity contribution is 8.00. The zero-order valence-electron chi connectivity index (χ0n) is 13.6. The largest absolute Gasteiger partial charge is 0.365 e. The summed E-state index contributed by atoms with van der Waals surface area (Å²) in [7, 11) is 0. The molecule has 0 saturated carbocycles. The Labute approximate surface area is 149 Å². The molecule has 0 atom stereocenters. The molecule has 1 aliphatic carbocycles. The normalized spacial score (nSPS) is 13.4. The third-order valence-corrected chi connectivity index (χ3v) is 6.51. The summed E-state index contributed by atoms with van der Waals surface area (Å²) < 4.78 is 0. The molecule has 1 heterocycles. The fraction of sp³-hybridized carbons (Fsp3) is 0.333. The molecule has 0 spiro atoms. The quantitative estimate of drug-likeness (QED) is 0.797. The van der Waals surface area contributed by atoms with Crippen molar-refractivity contribution in [2.24, 2.45) is 5.73 Å². The van der Waals surface area contributed by atoms with Gasteiger partial charge in [0.2, 0.25) is 5.91 Å². The summed E-state index contributed by atoms with van der Waals surface area (Å²) in [5.41, 5.74) is 8.27. The highest BCUT2D eigenvalue weighted by atomic mass is 32.2. The van der Waals surface area contributed by atoms with Crippen molar-refractivity contribution in [1.29, 1.82) is 0 Å². The molecule has 126 valence electrons. The Morgan fingerprint density at radius 3 is 2.75 bits per heavy atom. The lowest BCUT2D eigenvalue weighted by Gasteiger charge is -2.11. The van der Waals surface area contributed by atoms with Crippen LogP contribution in [-0.4, -0.2) is 17.6 Å². The average molecular weight is 361 g/mol. The lowest BCUT2D eigenvalue weighted by Crippen LogP contribution is -2.19. The number of rotatable bonds is 5. The predicted molar refractivity (Wildman–Crippen MR) is 100 cm³/mol. The molecular formula is C18H20N2O2S2. The molecule has 1 aliphatic rings. The Hall–Kier alpha value is -1.79. The molecule has 0 unspecified atom stereocenters. The maximum Gasteiger partial charge on any atom is 0.251 e. The first-order chi connectivity index (χ1) is 11.6. The summed E-state index contributed by atoms with van der Waals surface area (Å²) in [6, 6.07) is 7.98. The number of carbonyl (C=O) groups excluding carboxylic acids is 2. The van der Waals surface area contributed by atoms with Crippen LogP contribution in [0, 0.1) is 6.92 Å². The van der Waals surface area contributed by atoms with Crippen LogP contribution in [0.1, 0.15) is 39.2 Å². The highest BCUT2D eigenvalue weighted by Gasteiger charge is 2.24. The second-order valence-corrected chi connectivity index (χ2v) is 8.00.